The molecular formula is C12H12BrClN2S. The largest absolute Gasteiger partial charge is 0.370 e. The molecule has 0 saturated heterocycles. The van der Waals surface area contributed by atoms with Crippen LogP contribution in [0.3, 0.4) is 0 Å². The number of thiophene rings is 1. The van der Waals surface area contributed by atoms with Crippen LogP contribution in [0, 0.1) is 0 Å². The van der Waals surface area contributed by atoms with Crippen LogP contribution in [-0.2, 0) is 12.4 Å². The van der Waals surface area contributed by atoms with Gasteiger partial charge in [0.05, 0.1) is 9.67 Å². The SMILES string of the molecule is CN(Cc1csc(Br)c1)c1ccncc1CCl. The fraction of sp³-hybridized carbons (Fsp3) is 0.250. The van der Waals surface area contributed by atoms with Gasteiger partial charge in [0.1, 0.15) is 0 Å². The summed E-state index contributed by atoms with van der Waals surface area (Å²) in [5, 5.41) is 2.15. The molecule has 0 atom stereocenters. The standard InChI is InChI=1S/C12H12BrClN2S/c1-16(7-9-4-12(13)17-8-9)11-2-3-15-6-10(11)5-14/h2-4,6,8H,5,7H2,1H3. The zero-order valence-electron chi connectivity index (χ0n) is 9.36. The van der Waals surface area contributed by atoms with Crippen LogP contribution in [0.5, 0.6) is 0 Å². The lowest BCUT2D eigenvalue weighted by Gasteiger charge is -2.20. The van der Waals surface area contributed by atoms with Gasteiger partial charge in [-0.15, -0.1) is 22.9 Å². The van der Waals surface area contributed by atoms with Crippen molar-refractivity contribution in [1.82, 2.24) is 4.98 Å². The van der Waals surface area contributed by atoms with Gasteiger partial charge in [0, 0.05) is 37.2 Å². The highest BCUT2D eigenvalue weighted by Gasteiger charge is 2.08. The first-order valence-electron chi connectivity index (χ1n) is 5.13. The zero-order valence-corrected chi connectivity index (χ0v) is 12.5. The predicted molar refractivity (Wildman–Crippen MR) is 77.9 cm³/mol. The first-order chi connectivity index (χ1) is 8.20. The normalized spacial score (nSPS) is 10.5. The Hall–Kier alpha value is -0.580. The molecule has 0 saturated carbocycles. The van der Waals surface area contributed by atoms with Gasteiger partial charge < -0.3 is 4.90 Å². The number of pyridine rings is 1. The summed E-state index contributed by atoms with van der Waals surface area (Å²) in [5.74, 6) is 0.487. The van der Waals surface area contributed by atoms with Crippen LogP contribution in [0.25, 0.3) is 0 Å². The van der Waals surface area contributed by atoms with Crippen LogP contribution in [-0.4, -0.2) is 12.0 Å². The van der Waals surface area contributed by atoms with E-state index in [1.165, 1.54) is 5.56 Å². The second-order valence-corrected chi connectivity index (χ2v) is 6.31. The van der Waals surface area contributed by atoms with E-state index in [-0.39, 0.29) is 0 Å². The average molecular weight is 332 g/mol. The van der Waals surface area contributed by atoms with Crippen LogP contribution >= 0.6 is 38.9 Å². The van der Waals surface area contributed by atoms with Crippen molar-refractivity contribution in [1.29, 1.82) is 0 Å². The number of hydrogen-bond donors (Lipinski definition) is 0. The first-order valence-corrected chi connectivity index (χ1v) is 7.34. The number of hydrogen-bond acceptors (Lipinski definition) is 3. The summed E-state index contributed by atoms with van der Waals surface area (Å²) in [5.41, 5.74) is 3.49. The van der Waals surface area contributed by atoms with Crippen LogP contribution in [0.1, 0.15) is 11.1 Å². The van der Waals surface area contributed by atoms with E-state index in [4.69, 9.17) is 11.6 Å². The molecule has 0 aliphatic carbocycles. The summed E-state index contributed by atoms with van der Waals surface area (Å²) in [6.45, 7) is 0.871. The maximum absolute atomic E-state index is 5.91. The van der Waals surface area contributed by atoms with Gasteiger partial charge in [-0.25, -0.2) is 0 Å². The number of alkyl halides is 1. The summed E-state index contributed by atoms with van der Waals surface area (Å²) in [7, 11) is 2.07. The van der Waals surface area contributed by atoms with Gasteiger partial charge >= 0.3 is 0 Å². The molecule has 2 rings (SSSR count). The van der Waals surface area contributed by atoms with Crippen molar-refractivity contribution in [3.05, 3.63) is 44.8 Å². The number of aromatic nitrogens is 1. The first kappa shape index (κ1) is 12.9. The second kappa shape index (κ2) is 5.85. The minimum absolute atomic E-state index is 0.487. The second-order valence-electron chi connectivity index (χ2n) is 3.75. The lowest BCUT2D eigenvalue weighted by molar-refractivity contribution is 0.916. The topological polar surface area (TPSA) is 16.1 Å². The maximum atomic E-state index is 5.91. The molecule has 0 unspecified atom stereocenters. The Morgan fingerprint density at radius 1 is 1.53 bits per heavy atom. The Morgan fingerprint density at radius 3 is 3.00 bits per heavy atom. The van der Waals surface area contributed by atoms with Crippen molar-refractivity contribution in [3.8, 4) is 0 Å². The Morgan fingerprint density at radius 2 is 2.35 bits per heavy atom. The van der Waals surface area contributed by atoms with Crippen molar-refractivity contribution in [2.45, 2.75) is 12.4 Å². The zero-order chi connectivity index (χ0) is 12.3. The molecule has 0 aliphatic rings. The molecule has 0 aromatic carbocycles. The molecular weight excluding hydrogens is 320 g/mol. The molecule has 2 aromatic heterocycles. The van der Waals surface area contributed by atoms with Crippen molar-refractivity contribution in [3.63, 3.8) is 0 Å². The summed E-state index contributed by atoms with van der Waals surface area (Å²) in [4.78, 5) is 6.28. The minimum atomic E-state index is 0.487. The van der Waals surface area contributed by atoms with Crippen molar-refractivity contribution >= 4 is 44.6 Å². The summed E-state index contributed by atoms with van der Waals surface area (Å²) in [6, 6.07) is 4.14. The molecule has 0 bridgehead atoms. The monoisotopic (exact) mass is 330 g/mol. The minimum Gasteiger partial charge on any atom is -0.370 e. The van der Waals surface area contributed by atoms with Gasteiger partial charge in [-0.05, 0) is 39.0 Å². The summed E-state index contributed by atoms with van der Waals surface area (Å²) < 4.78 is 1.16. The Bertz CT molecular complexity index is 501. The molecule has 0 aliphatic heterocycles. The molecule has 2 aromatic rings. The van der Waals surface area contributed by atoms with Crippen LogP contribution in [0.15, 0.2) is 33.7 Å². The number of rotatable bonds is 4. The fourth-order valence-corrected chi connectivity index (χ4v) is 3.09. The van der Waals surface area contributed by atoms with Crippen LogP contribution < -0.4 is 4.90 Å². The molecule has 0 N–H and O–H groups in total. The number of anilines is 1. The van der Waals surface area contributed by atoms with E-state index < -0.39 is 0 Å². The molecule has 0 fully saturated rings. The van der Waals surface area contributed by atoms with E-state index in [1.807, 2.05) is 12.3 Å². The van der Waals surface area contributed by atoms with Crippen LogP contribution in [0.2, 0.25) is 0 Å². The summed E-state index contributed by atoms with van der Waals surface area (Å²) >= 11 is 11.1. The molecule has 0 spiro atoms. The van der Waals surface area contributed by atoms with Gasteiger partial charge in [-0.1, -0.05) is 0 Å². The number of halogens is 2. The van der Waals surface area contributed by atoms with E-state index in [0.29, 0.717) is 5.88 Å². The Labute approximate surface area is 118 Å². The van der Waals surface area contributed by atoms with E-state index >= 15 is 0 Å². The molecule has 5 heteroatoms. The van der Waals surface area contributed by atoms with Gasteiger partial charge in [0.15, 0.2) is 0 Å². The van der Waals surface area contributed by atoms with Crippen molar-refractivity contribution in [2.75, 3.05) is 11.9 Å². The molecule has 17 heavy (non-hydrogen) atoms. The fourth-order valence-electron chi connectivity index (χ4n) is 1.68. The van der Waals surface area contributed by atoms with E-state index in [0.717, 1.165) is 21.6 Å². The highest BCUT2D eigenvalue weighted by atomic mass is 79.9. The lowest BCUT2D eigenvalue weighted by Crippen LogP contribution is -2.17. The van der Waals surface area contributed by atoms with E-state index in [9.17, 15) is 0 Å². The smallest absolute Gasteiger partial charge is 0.0701 e. The summed E-state index contributed by atoms with van der Waals surface area (Å²) in [6.07, 6.45) is 3.62. The quantitative estimate of drug-likeness (QED) is 0.777. The van der Waals surface area contributed by atoms with Gasteiger partial charge in [-0.3, -0.25) is 4.98 Å². The maximum Gasteiger partial charge on any atom is 0.0701 e. The predicted octanol–water partition coefficient (Wildman–Crippen LogP) is 4.28. The third-order valence-electron chi connectivity index (χ3n) is 2.47. The molecule has 90 valence electrons. The molecule has 2 nitrogen and oxygen atoms in total. The average Bonchev–Trinajstić information content (AvgIpc) is 2.74. The Kier molecular flexibility index (Phi) is 4.42. The highest BCUT2D eigenvalue weighted by Crippen LogP contribution is 2.25. The van der Waals surface area contributed by atoms with Gasteiger partial charge in [0.25, 0.3) is 0 Å². The van der Waals surface area contributed by atoms with Crippen molar-refractivity contribution < 1.29 is 0 Å². The molecule has 2 heterocycles. The molecule has 0 radical (unpaired) electrons. The van der Waals surface area contributed by atoms with Gasteiger partial charge in [0.2, 0.25) is 0 Å². The Balaban J connectivity index is 2.16. The van der Waals surface area contributed by atoms with Crippen molar-refractivity contribution in [2.24, 2.45) is 0 Å². The third-order valence-corrected chi connectivity index (χ3v) is 4.32. The highest BCUT2D eigenvalue weighted by molar-refractivity contribution is 9.11. The lowest BCUT2D eigenvalue weighted by atomic mass is 10.2. The van der Waals surface area contributed by atoms with E-state index in [2.05, 4.69) is 44.3 Å². The van der Waals surface area contributed by atoms with Gasteiger partial charge in [-0.2, -0.15) is 0 Å². The van der Waals surface area contributed by atoms with E-state index in [1.54, 1.807) is 17.5 Å². The molecule has 0 amide bonds. The van der Waals surface area contributed by atoms with Crippen LogP contribution in [0.4, 0.5) is 5.69 Å². The third kappa shape index (κ3) is 3.21. The number of nitrogens with zero attached hydrogens (tertiary/aromatic N) is 2.